The van der Waals surface area contributed by atoms with Gasteiger partial charge in [0.05, 0.1) is 11.9 Å². The molecule has 8 heteroatoms. The van der Waals surface area contributed by atoms with Crippen LogP contribution in [0.3, 0.4) is 0 Å². The second-order valence-corrected chi connectivity index (χ2v) is 7.35. The number of hydrogen-bond donors (Lipinski definition) is 0. The fourth-order valence-electron chi connectivity index (χ4n) is 2.51. The molecule has 0 aromatic heterocycles. The normalized spacial score (nSPS) is 15.3. The summed E-state index contributed by atoms with van der Waals surface area (Å²) in [4.78, 5) is 26.2. The molecule has 0 saturated carbocycles. The molecule has 7 nitrogen and oxygen atoms in total. The number of piperazine rings is 1. The number of carbonyl (C=O) groups is 2. The first-order valence-corrected chi connectivity index (χ1v) is 9.26. The van der Waals surface area contributed by atoms with E-state index in [2.05, 4.69) is 0 Å². The number of benzene rings is 1. The van der Waals surface area contributed by atoms with Gasteiger partial charge in [-0.05, 0) is 12.1 Å². The highest BCUT2D eigenvalue weighted by Gasteiger charge is 2.23. The monoisotopic (exact) mass is 339 g/mol. The molecule has 1 aromatic carbocycles. The summed E-state index contributed by atoms with van der Waals surface area (Å²) < 4.78 is 25.2. The number of para-hydroxylation sites is 1. The van der Waals surface area contributed by atoms with Gasteiger partial charge in [-0.3, -0.25) is 13.9 Å². The Balaban J connectivity index is 1.97. The lowest BCUT2D eigenvalue weighted by atomic mass is 10.2. The Morgan fingerprint density at radius 3 is 2.30 bits per heavy atom. The summed E-state index contributed by atoms with van der Waals surface area (Å²) >= 11 is 0. The maximum absolute atomic E-state index is 12.3. The number of carbonyl (C=O) groups excluding carboxylic acids is 2. The highest BCUT2D eigenvalue weighted by atomic mass is 32.2. The third-order valence-electron chi connectivity index (χ3n) is 3.79. The molecule has 23 heavy (non-hydrogen) atoms. The number of amides is 2. The van der Waals surface area contributed by atoms with E-state index in [-0.39, 0.29) is 18.9 Å². The van der Waals surface area contributed by atoms with Crippen molar-refractivity contribution >= 4 is 28.0 Å². The molecule has 2 amide bonds. The van der Waals surface area contributed by atoms with Crippen LogP contribution in [0.15, 0.2) is 30.3 Å². The number of rotatable bonds is 6. The minimum Gasteiger partial charge on any atom is -0.342 e. The van der Waals surface area contributed by atoms with Crippen molar-refractivity contribution in [2.45, 2.75) is 6.42 Å². The van der Waals surface area contributed by atoms with E-state index in [1.807, 2.05) is 6.07 Å². The van der Waals surface area contributed by atoms with Crippen LogP contribution in [0.5, 0.6) is 0 Å². The van der Waals surface area contributed by atoms with Crippen LogP contribution in [0, 0.1) is 0 Å². The van der Waals surface area contributed by atoms with Gasteiger partial charge in [0.2, 0.25) is 22.3 Å². The number of anilines is 1. The van der Waals surface area contributed by atoms with Crippen molar-refractivity contribution in [3.8, 4) is 0 Å². The van der Waals surface area contributed by atoms with Crippen molar-refractivity contribution in [1.29, 1.82) is 0 Å². The predicted molar refractivity (Wildman–Crippen MR) is 87.5 cm³/mol. The maximum Gasteiger partial charge on any atom is 0.232 e. The Hall–Kier alpha value is -2.09. The van der Waals surface area contributed by atoms with E-state index in [1.165, 1.54) is 4.31 Å². The topological polar surface area (TPSA) is 78.0 Å². The SMILES string of the molecule is CS(=O)(=O)N(CCC(=O)N1CCN(C=O)CC1)c1ccccc1. The summed E-state index contributed by atoms with van der Waals surface area (Å²) in [6, 6.07) is 8.73. The first kappa shape index (κ1) is 17.3. The summed E-state index contributed by atoms with van der Waals surface area (Å²) in [5, 5.41) is 0. The van der Waals surface area contributed by atoms with E-state index in [4.69, 9.17) is 0 Å². The molecule has 1 aromatic rings. The second kappa shape index (κ2) is 7.45. The summed E-state index contributed by atoms with van der Waals surface area (Å²) in [5.41, 5.74) is 0.550. The van der Waals surface area contributed by atoms with E-state index in [9.17, 15) is 18.0 Å². The molecule has 0 aliphatic carbocycles. The molecule has 2 rings (SSSR count). The fraction of sp³-hybridized carbons (Fsp3) is 0.467. The second-order valence-electron chi connectivity index (χ2n) is 5.44. The molecule has 0 spiro atoms. The van der Waals surface area contributed by atoms with Gasteiger partial charge in [-0.15, -0.1) is 0 Å². The van der Waals surface area contributed by atoms with Crippen molar-refractivity contribution in [1.82, 2.24) is 9.80 Å². The fourth-order valence-corrected chi connectivity index (χ4v) is 3.44. The van der Waals surface area contributed by atoms with Crippen LogP contribution in [-0.2, 0) is 19.6 Å². The van der Waals surface area contributed by atoms with Crippen LogP contribution in [0.1, 0.15) is 6.42 Å². The number of sulfonamides is 1. The lowest BCUT2D eigenvalue weighted by Crippen LogP contribution is -2.48. The molecule has 126 valence electrons. The molecular formula is C15H21N3O4S. The van der Waals surface area contributed by atoms with Crippen molar-refractivity contribution in [3.63, 3.8) is 0 Å². The minimum atomic E-state index is -3.45. The molecule has 1 aliphatic rings. The Bertz CT molecular complexity index is 640. The smallest absolute Gasteiger partial charge is 0.232 e. The Morgan fingerprint density at radius 1 is 1.17 bits per heavy atom. The summed E-state index contributed by atoms with van der Waals surface area (Å²) in [5.74, 6) is -0.0971. The zero-order valence-corrected chi connectivity index (χ0v) is 13.9. The third kappa shape index (κ3) is 4.69. The number of hydrogen-bond acceptors (Lipinski definition) is 4. The van der Waals surface area contributed by atoms with Gasteiger partial charge in [0.1, 0.15) is 0 Å². The van der Waals surface area contributed by atoms with Crippen molar-refractivity contribution in [2.24, 2.45) is 0 Å². The van der Waals surface area contributed by atoms with Crippen LogP contribution in [0.2, 0.25) is 0 Å². The maximum atomic E-state index is 12.3. The van der Waals surface area contributed by atoms with E-state index >= 15 is 0 Å². The molecule has 1 heterocycles. The van der Waals surface area contributed by atoms with Crippen LogP contribution in [0.4, 0.5) is 5.69 Å². The molecule has 1 saturated heterocycles. The predicted octanol–water partition coefficient (Wildman–Crippen LogP) is 0.143. The Kier molecular flexibility index (Phi) is 5.59. The zero-order valence-electron chi connectivity index (χ0n) is 13.1. The van der Waals surface area contributed by atoms with E-state index in [0.29, 0.717) is 31.9 Å². The van der Waals surface area contributed by atoms with Crippen LogP contribution in [-0.4, -0.2) is 69.5 Å². The minimum absolute atomic E-state index is 0.0971. The van der Waals surface area contributed by atoms with Gasteiger partial charge in [-0.1, -0.05) is 18.2 Å². The van der Waals surface area contributed by atoms with Gasteiger partial charge in [0, 0.05) is 39.1 Å². The lowest BCUT2D eigenvalue weighted by molar-refractivity contribution is -0.134. The third-order valence-corrected chi connectivity index (χ3v) is 4.98. The van der Waals surface area contributed by atoms with E-state index in [0.717, 1.165) is 12.7 Å². The quantitative estimate of drug-likeness (QED) is 0.691. The van der Waals surface area contributed by atoms with Crippen LogP contribution >= 0.6 is 0 Å². The summed E-state index contributed by atoms with van der Waals surface area (Å²) in [6.07, 6.45) is 2.03. The molecule has 1 fully saturated rings. The highest BCUT2D eigenvalue weighted by Crippen LogP contribution is 2.17. The Labute approximate surface area is 136 Å². The highest BCUT2D eigenvalue weighted by molar-refractivity contribution is 7.92. The zero-order chi connectivity index (χ0) is 16.9. The first-order valence-electron chi connectivity index (χ1n) is 7.41. The lowest BCUT2D eigenvalue weighted by Gasteiger charge is -2.33. The van der Waals surface area contributed by atoms with Crippen LogP contribution in [0.25, 0.3) is 0 Å². The van der Waals surface area contributed by atoms with E-state index < -0.39 is 10.0 Å². The number of nitrogens with zero attached hydrogens (tertiary/aromatic N) is 3. The van der Waals surface area contributed by atoms with Crippen molar-refractivity contribution in [2.75, 3.05) is 43.3 Å². The molecule has 1 aliphatic heterocycles. The van der Waals surface area contributed by atoms with Gasteiger partial charge in [-0.2, -0.15) is 0 Å². The average molecular weight is 339 g/mol. The molecular weight excluding hydrogens is 318 g/mol. The Morgan fingerprint density at radius 2 is 1.78 bits per heavy atom. The molecule has 0 N–H and O–H groups in total. The van der Waals surface area contributed by atoms with E-state index in [1.54, 1.807) is 34.1 Å². The van der Waals surface area contributed by atoms with Crippen molar-refractivity contribution < 1.29 is 18.0 Å². The summed E-state index contributed by atoms with van der Waals surface area (Å²) in [6.45, 7) is 2.12. The summed E-state index contributed by atoms with van der Waals surface area (Å²) in [7, 11) is -3.45. The molecule has 0 unspecified atom stereocenters. The standard InChI is InChI=1S/C15H21N3O4S/c1-23(21,22)18(14-5-3-2-4-6-14)8-7-15(20)17-11-9-16(13-19)10-12-17/h2-6,13H,7-12H2,1H3. The molecule has 0 bridgehead atoms. The van der Waals surface area contributed by atoms with Gasteiger partial charge >= 0.3 is 0 Å². The molecule has 0 radical (unpaired) electrons. The largest absolute Gasteiger partial charge is 0.342 e. The van der Waals surface area contributed by atoms with Gasteiger partial charge in [-0.25, -0.2) is 8.42 Å². The molecule has 0 atom stereocenters. The van der Waals surface area contributed by atoms with Crippen LogP contribution < -0.4 is 4.31 Å². The van der Waals surface area contributed by atoms with Gasteiger partial charge < -0.3 is 9.80 Å². The van der Waals surface area contributed by atoms with Gasteiger partial charge in [0.25, 0.3) is 0 Å². The average Bonchev–Trinajstić information content (AvgIpc) is 2.54. The van der Waals surface area contributed by atoms with Gasteiger partial charge in [0.15, 0.2) is 0 Å². The van der Waals surface area contributed by atoms with Crippen molar-refractivity contribution in [3.05, 3.63) is 30.3 Å². The first-order chi connectivity index (χ1) is 10.9.